The van der Waals surface area contributed by atoms with Crippen LogP contribution in [0.3, 0.4) is 0 Å². The zero-order chi connectivity index (χ0) is 40.5. The number of nitrogens with zero attached hydrogens (tertiary/aromatic N) is 2. The van der Waals surface area contributed by atoms with Gasteiger partial charge in [-0.2, -0.15) is 0 Å². The second kappa shape index (κ2) is 13.9. The van der Waals surface area contributed by atoms with E-state index in [0.29, 0.717) is 5.82 Å². The number of furan rings is 1. The summed E-state index contributed by atoms with van der Waals surface area (Å²) in [6.45, 7) is 2.36. The minimum atomic E-state index is -0.305. The monoisotopic (exact) mass is 778 g/mol. The van der Waals surface area contributed by atoms with Gasteiger partial charge in [-0.15, -0.1) is 0 Å². The molecule has 0 spiro atoms. The summed E-state index contributed by atoms with van der Waals surface area (Å²) < 4.78 is 6.48. The molecule has 9 aromatic carbocycles. The summed E-state index contributed by atoms with van der Waals surface area (Å²) in [4.78, 5) is 10.4. The first-order valence-electron chi connectivity index (χ1n) is 20.9. The van der Waals surface area contributed by atoms with Gasteiger partial charge < -0.3 is 4.42 Å². The maximum Gasteiger partial charge on any atom is 0.160 e. The predicted octanol–water partition coefficient (Wildman–Crippen LogP) is 15.2. The van der Waals surface area contributed by atoms with Crippen molar-refractivity contribution in [1.82, 2.24) is 9.97 Å². The molecule has 3 nitrogen and oxygen atoms in total. The van der Waals surface area contributed by atoms with E-state index in [2.05, 4.69) is 189 Å². The lowest BCUT2D eigenvalue weighted by molar-refractivity contribution is 0.670. The van der Waals surface area contributed by atoms with Gasteiger partial charge in [0.1, 0.15) is 11.2 Å². The van der Waals surface area contributed by atoms with Crippen LogP contribution in [0.25, 0.3) is 100.0 Å². The van der Waals surface area contributed by atoms with Gasteiger partial charge in [0.15, 0.2) is 5.82 Å². The largest absolute Gasteiger partial charge is 0.455 e. The van der Waals surface area contributed by atoms with E-state index in [1.165, 1.54) is 44.2 Å². The van der Waals surface area contributed by atoms with Gasteiger partial charge in [-0.05, 0) is 80.4 Å². The molecule has 1 aliphatic carbocycles. The van der Waals surface area contributed by atoms with Gasteiger partial charge in [0.05, 0.1) is 11.4 Å². The van der Waals surface area contributed by atoms with Crippen LogP contribution in [0.1, 0.15) is 23.6 Å². The van der Waals surface area contributed by atoms with E-state index in [1.807, 2.05) is 30.3 Å². The molecule has 12 rings (SSSR count). The molecular formula is C58H38N2O. The van der Waals surface area contributed by atoms with Gasteiger partial charge in [0, 0.05) is 38.4 Å². The molecule has 0 saturated heterocycles. The lowest BCUT2D eigenvalue weighted by Gasteiger charge is -2.28. The number of aromatic nitrogens is 2. The molecule has 0 radical (unpaired) electrons. The van der Waals surface area contributed by atoms with Crippen LogP contribution in [-0.4, -0.2) is 9.97 Å². The Kier molecular flexibility index (Phi) is 7.98. The highest BCUT2D eigenvalue weighted by atomic mass is 16.3. The molecule has 1 atom stereocenters. The van der Waals surface area contributed by atoms with Crippen molar-refractivity contribution in [1.29, 1.82) is 0 Å². The van der Waals surface area contributed by atoms with Crippen molar-refractivity contribution in [2.45, 2.75) is 12.3 Å². The highest BCUT2D eigenvalue weighted by Crippen LogP contribution is 2.53. The summed E-state index contributed by atoms with van der Waals surface area (Å²) in [6, 6.07) is 75.7. The van der Waals surface area contributed by atoms with E-state index in [9.17, 15) is 0 Å². The smallest absolute Gasteiger partial charge is 0.160 e. The van der Waals surface area contributed by atoms with E-state index >= 15 is 0 Å². The summed E-state index contributed by atoms with van der Waals surface area (Å²) >= 11 is 0. The molecule has 61 heavy (non-hydrogen) atoms. The van der Waals surface area contributed by atoms with Crippen LogP contribution in [-0.2, 0) is 5.41 Å². The summed E-state index contributed by atoms with van der Waals surface area (Å²) in [5.41, 5.74) is 17.4. The van der Waals surface area contributed by atoms with Crippen molar-refractivity contribution in [3.63, 3.8) is 0 Å². The van der Waals surface area contributed by atoms with Crippen LogP contribution in [0.2, 0.25) is 0 Å². The quantitative estimate of drug-likeness (QED) is 0.169. The van der Waals surface area contributed by atoms with Crippen LogP contribution in [0.5, 0.6) is 0 Å². The summed E-state index contributed by atoms with van der Waals surface area (Å²) in [5.74, 6) is 0.702. The second-order valence-electron chi connectivity index (χ2n) is 16.2. The van der Waals surface area contributed by atoms with Crippen LogP contribution in [0.15, 0.2) is 217 Å². The Labute approximate surface area is 354 Å². The van der Waals surface area contributed by atoms with Crippen LogP contribution < -0.4 is 0 Å². The normalized spacial score (nSPS) is 14.4. The Morgan fingerprint density at radius 2 is 0.918 bits per heavy atom. The van der Waals surface area contributed by atoms with Crippen molar-refractivity contribution >= 4 is 32.7 Å². The number of hydrogen-bond acceptors (Lipinski definition) is 3. The minimum Gasteiger partial charge on any atom is -0.455 e. The van der Waals surface area contributed by atoms with Gasteiger partial charge in [-0.3, -0.25) is 0 Å². The molecule has 0 amide bonds. The van der Waals surface area contributed by atoms with E-state index in [1.54, 1.807) is 0 Å². The van der Waals surface area contributed by atoms with Gasteiger partial charge in [-0.25, -0.2) is 9.97 Å². The summed E-state index contributed by atoms with van der Waals surface area (Å²) in [5, 5.41) is 4.65. The average molecular weight is 779 g/mol. The Hall–Kier alpha value is -7.88. The topological polar surface area (TPSA) is 38.9 Å². The number of benzene rings is 9. The molecule has 0 saturated carbocycles. The molecule has 11 aromatic rings. The number of fused-ring (bicyclic) bond motifs is 7. The third-order valence-electron chi connectivity index (χ3n) is 12.8. The Balaban J connectivity index is 0.955. The molecule has 1 unspecified atom stereocenters. The molecule has 286 valence electrons. The first kappa shape index (κ1) is 35.1. The lowest BCUT2D eigenvalue weighted by atomic mass is 9.74. The van der Waals surface area contributed by atoms with E-state index < -0.39 is 0 Å². The molecule has 0 fully saturated rings. The summed E-state index contributed by atoms with van der Waals surface area (Å²) in [6.07, 6.45) is 0. The molecular weight excluding hydrogens is 741 g/mol. The van der Waals surface area contributed by atoms with Crippen LogP contribution >= 0.6 is 0 Å². The first-order valence-corrected chi connectivity index (χ1v) is 20.9. The highest BCUT2D eigenvalue weighted by molar-refractivity contribution is 6.13. The second-order valence-corrected chi connectivity index (χ2v) is 16.2. The Morgan fingerprint density at radius 1 is 0.361 bits per heavy atom. The molecule has 0 N–H and O–H groups in total. The fraction of sp³-hybridized carbons (Fsp3) is 0.0345. The zero-order valence-electron chi connectivity index (χ0n) is 33.5. The standard InChI is InChI=1S/C58H38N2O/c1-58(41-17-6-3-7-18-41)51-25-12-10-21-46(51)47-32-31-40(35-52(47)58)54-36-53(59-57(60-54)39-15-4-2-5-16-39)38-29-27-37(28-30-38)42-33-34-45(44-20-9-8-19-43(42)44)49-23-14-24-50-48-22-11-13-26-55(48)61-56(49)50/h2-36H,1H3. The minimum absolute atomic E-state index is 0.305. The van der Waals surface area contributed by atoms with Crippen molar-refractivity contribution in [3.8, 4) is 67.3 Å². The zero-order valence-corrected chi connectivity index (χ0v) is 33.5. The maximum absolute atomic E-state index is 6.48. The number of rotatable bonds is 6. The van der Waals surface area contributed by atoms with Crippen LogP contribution in [0, 0.1) is 0 Å². The van der Waals surface area contributed by atoms with E-state index in [4.69, 9.17) is 14.4 Å². The molecule has 0 aliphatic heterocycles. The first-order chi connectivity index (χ1) is 30.1. The molecule has 0 bridgehead atoms. The molecule has 1 aliphatic rings. The van der Waals surface area contributed by atoms with E-state index in [-0.39, 0.29) is 5.41 Å². The van der Waals surface area contributed by atoms with Gasteiger partial charge in [-0.1, -0.05) is 194 Å². The van der Waals surface area contributed by atoms with Crippen molar-refractivity contribution in [2.75, 3.05) is 0 Å². The molecule has 2 aromatic heterocycles. The fourth-order valence-electron chi connectivity index (χ4n) is 9.76. The average Bonchev–Trinajstić information content (AvgIpc) is 3.85. The van der Waals surface area contributed by atoms with Crippen molar-refractivity contribution in [3.05, 3.63) is 229 Å². The van der Waals surface area contributed by atoms with Crippen molar-refractivity contribution in [2.24, 2.45) is 0 Å². The third-order valence-corrected chi connectivity index (χ3v) is 12.8. The predicted molar refractivity (Wildman–Crippen MR) is 251 cm³/mol. The third kappa shape index (κ3) is 5.58. The lowest BCUT2D eigenvalue weighted by Crippen LogP contribution is -2.22. The summed E-state index contributed by atoms with van der Waals surface area (Å²) in [7, 11) is 0. The van der Waals surface area contributed by atoms with E-state index in [0.717, 1.165) is 66.7 Å². The molecule has 2 heterocycles. The Bertz CT molecular complexity index is 3480. The number of hydrogen-bond donors (Lipinski definition) is 0. The van der Waals surface area contributed by atoms with Gasteiger partial charge >= 0.3 is 0 Å². The molecule has 3 heteroatoms. The maximum atomic E-state index is 6.48. The van der Waals surface area contributed by atoms with Crippen LogP contribution in [0.4, 0.5) is 0 Å². The fourth-order valence-corrected chi connectivity index (χ4v) is 9.76. The van der Waals surface area contributed by atoms with Gasteiger partial charge in [0.2, 0.25) is 0 Å². The van der Waals surface area contributed by atoms with Gasteiger partial charge in [0.25, 0.3) is 0 Å². The highest BCUT2D eigenvalue weighted by Gasteiger charge is 2.40. The Morgan fingerprint density at radius 3 is 1.72 bits per heavy atom. The van der Waals surface area contributed by atoms with Crippen molar-refractivity contribution < 1.29 is 4.42 Å². The SMILES string of the molecule is CC1(c2ccccc2)c2ccccc2-c2ccc(-c3cc(-c4ccc(-c5ccc(-c6cccc7c6oc6ccccc67)c6ccccc56)cc4)nc(-c4ccccc4)n3)cc21. The number of para-hydroxylation sites is 2.